The van der Waals surface area contributed by atoms with E-state index in [-0.39, 0.29) is 30.5 Å². The first-order chi connectivity index (χ1) is 9.95. The molecule has 9 heteroatoms. The molecular formula is C12H13NO8. The van der Waals surface area contributed by atoms with E-state index in [0.717, 1.165) is 12.1 Å². The van der Waals surface area contributed by atoms with Crippen molar-refractivity contribution in [2.45, 2.75) is 19.1 Å². The highest BCUT2D eigenvalue weighted by atomic mass is 16.7. The number of carbonyl (C=O) groups excluding carboxylic acids is 1. The van der Waals surface area contributed by atoms with Gasteiger partial charge < -0.3 is 24.4 Å². The Balaban J connectivity index is 2.37. The van der Waals surface area contributed by atoms with E-state index in [0.29, 0.717) is 0 Å². The number of aliphatic hydroxyl groups is 2. The smallest absolute Gasteiger partial charge is 0.338 e. The van der Waals surface area contributed by atoms with E-state index in [9.17, 15) is 25.1 Å². The number of nitrogens with zero attached hydrogens (tertiary/aromatic N) is 1. The highest BCUT2D eigenvalue weighted by molar-refractivity contribution is 5.76. The van der Waals surface area contributed by atoms with Crippen molar-refractivity contribution in [3.8, 4) is 11.5 Å². The number of ether oxygens (including phenoxy) is 3. The van der Waals surface area contributed by atoms with E-state index in [2.05, 4.69) is 4.74 Å². The second-order valence-corrected chi connectivity index (χ2v) is 4.16. The first kappa shape index (κ1) is 15.0. The molecule has 0 radical (unpaired) electrons. The molecule has 114 valence electrons. The van der Waals surface area contributed by atoms with Gasteiger partial charge >= 0.3 is 5.97 Å². The number of nitro benzene ring substituents is 1. The van der Waals surface area contributed by atoms with E-state index < -0.39 is 28.8 Å². The average Bonchev–Trinajstić information content (AvgIpc) is 2.91. The Morgan fingerprint density at radius 2 is 2.05 bits per heavy atom. The van der Waals surface area contributed by atoms with Crippen LogP contribution < -0.4 is 9.47 Å². The zero-order valence-corrected chi connectivity index (χ0v) is 11.0. The van der Waals surface area contributed by atoms with Crippen LogP contribution in [0.2, 0.25) is 0 Å². The fraction of sp³-hybridized carbons (Fsp3) is 0.417. The number of benzene rings is 1. The Kier molecular flexibility index (Phi) is 4.24. The molecule has 0 saturated heterocycles. The minimum Gasteiger partial charge on any atom is -0.464 e. The molecule has 0 saturated carbocycles. The van der Waals surface area contributed by atoms with Crippen LogP contribution in [-0.4, -0.2) is 40.6 Å². The molecule has 1 aromatic carbocycles. The van der Waals surface area contributed by atoms with E-state index in [4.69, 9.17) is 9.47 Å². The monoisotopic (exact) mass is 299 g/mol. The summed E-state index contributed by atoms with van der Waals surface area (Å²) in [4.78, 5) is 21.7. The van der Waals surface area contributed by atoms with Gasteiger partial charge in [-0.2, -0.15) is 0 Å². The molecule has 1 aliphatic rings. The standard InChI is InChI=1S/C12H13NO8/c1-2-19-12(16)11(15)10(14)6-3-8-9(21-5-20-8)4-7(6)13(17)18/h3-4,10-11,14-15H,2,5H2,1H3/t10-,11+/m1/s1. The summed E-state index contributed by atoms with van der Waals surface area (Å²) in [6.45, 7) is 1.43. The fourth-order valence-corrected chi connectivity index (χ4v) is 1.87. The third-order valence-electron chi connectivity index (χ3n) is 2.86. The van der Waals surface area contributed by atoms with Crippen LogP contribution in [0.15, 0.2) is 12.1 Å². The minimum absolute atomic E-state index is 0.00580. The lowest BCUT2D eigenvalue weighted by Gasteiger charge is -2.17. The summed E-state index contributed by atoms with van der Waals surface area (Å²) < 4.78 is 14.6. The number of fused-ring (bicyclic) bond motifs is 1. The second-order valence-electron chi connectivity index (χ2n) is 4.16. The zero-order valence-electron chi connectivity index (χ0n) is 11.0. The fourth-order valence-electron chi connectivity index (χ4n) is 1.87. The Hall–Kier alpha value is -2.39. The molecule has 0 spiro atoms. The van der Waals surface area contributed by atoms with Crippen LogP contribution in [-0.2, 0) is 9.53 Å². The van der Waals surface area contributed by atoms with Crippen molar-refractivity contribution in [3.63, 3.8) is 0 Å². The molecule has 2 N–H and O–H groups in total. The number of hydrogen-bond donors (Lipinski definition) is 2. The molecule has 2 rings (SSSR count). The lowest BCUT2D eigenvalue weighted by molar-refractivity contribution is -0.386. The average molecular weight is 299 g/mol. The van der Waals surface area contributed by atoms with Gasteiger partial charge in [0.05, 0.1) is 23.2 Å². The van der Waals surface area contributed by atoms with E-state index in [1.807, 2.05) is 0 Å². The predicted molar refractivity (Wildman–Crippen MR) is 66.8 cm³/mol. The van der Waals surface area contributed by atoms with Crippen molar-refractivity contribution in [1.82, 2.24) is 0 Å². The molecule has 1 aliphatic heterocycles. The Morgan fingerprint density at radius 1 is 1.43 bits per heavy atom. The highest BCUT2D eigenvalue weighted by Crippen LogP contribution is 2.40. The van der Waals surface area contributed by atoms with E-state index >= 15 is 0 Å². The first-order valence-corrected chi connectivity index (χ1v) is 6.06. The minimum atomic E-state index is -1.94. The number of rotatable bonds is 5. The molecule has 1 heterocycles. The lowest BCUT2D eigenvalue weighted by atomic mass is 10.0. The molecule has 0 fully saturated rings. The number of aliphatic hydroxyl groups excluding tert-OH is 2. The summed E-state index contributed by atoms with van der Waals surface area (Å²) in [6.07, 6.45) is -3.76. The van der Waals surface area contributed by atoms with Crippen molar-refractivity contribution < 1.29 is 34.1 Å². The molecule has 1 aromatic rings. The van der Waals surface area contributed by atoms with Crippen LogP contribution in [0, 0.1) is 10.1 Å². The first-order valence-electron chi connectivity index (χ1n) is 6.06. The van der Waals surface area contributed by atoms with Gasteiger partial charge in [-0.05, 0) is 13.0 Å². The summed E-state index contributed by atoms with van der Waals surface area (Å²) in [7, 11) is 0. The van der Waals surface area contributed by atoms with E-state index in [1.54, 1.807) is 0 Å². The van der Waals surface area contributed by atoms with Gasteiger partial charge in [0.1, 0.15) is 6.10 Å². The van der Waals surface area contributed by atoms with Crippen LogP contribution in [0.3, 0.4) is 0 Å². The molecule has 0 amide bonds. The van der Waals surface area contributed by atoms with Gasteiger partial charge in [-0.1, -0.05) is 0 Å². The van der Waals surface area contributed by atoms with Gasteiger partial charge in [0.2, 0.25) is 6.79 Å². The normalized spacial score (nSPS) is 15.4. The molecule has 2 atom stereocenters. The van der Waals surface area contributed by atoms with Gasteiger partial charge in [0, 0.05) is 0 Å². The Morgan fingerprint density at radius 3 is 2.62 bits per heavy atom. The van der Waals surface area contributed by atoms with Gasteiger partial charge in [-0.15, -0.1) is 0 Å². The van der Waals surface area contributed by atoms with Crippen LogP contribution >= 0.6 is 0 Å². The summed E-state index contributed by atoms with van der Waals surface area (Å²) in [6, 6.07) is 2.23. The molecule has 0 bridgehead atoms. The molecule has 21 heavy (non-hydrogen) atoms. The number of esters is 1. The van der Waals surface area contributed by atoms with E-state index in [1.165, 1.54) is 6.92 Å². The molecular weight excluding hydrogens is 286 g/mol. The van der Waals surface area contributed by atoms with Crippen molar-refractivity contribution in [2.24, 2.45) is 0 Å². The summed E-state index contributed by atoms with van der Waals surface area (Å²) in [5.41, 5.74) is -0.750. The topological polar surface area (TPSA) is 128 Å². The molecule has 9 nitrogen and oxygen atoms in total. The van der Waals surface area contributed by atoms with Crippen LogP contribution in [0.5, 0.6) is 11.5 Å². The largest absolute Gasteiger partial charge is 0.464 e. The summed E-state index contributed by atoms with van der Waals surface area (Å²) in [5, 5.41) is 30.7. The van der Waals surface area contributed by atoms with Crippen LogP contribution in [0.4, 0.5) is 5.69 Å². The van der Waals surface area contributed by atoms with Crippen molar-refractivity contribution in [1.29, 1.82) is 0 Å². The van der Waals surface area contributed by atoms with Crippen LogP contribution in [0.25, 0.3) is 0 Å². The van der Waals surface area contributed by atoms with Crippen molar-refractivity contribution >= 4 is 11.7 Å². The predicted octanol–water partition coefficient (Wildman–Crippen LogP) is 0.281. The highest BCUT2D eigenvalue weighted by Gasteiger charge is 2.34. The summed E-state index contributed by atoms with van der Waals surface area (Å²) >= 11 is 0. The maximum absolute atomic E-state index is 11.4. The third kappa shape index (κ3) is 2.88. The third-order valence-corrected chi connectivity index (χ3v) is 2.86. The quantitative estimate of drug-likeness (QED) is 0.450. The van der Waals surface area contributed by atoms with Crippen molar-refractivity contribution in [3.05, 3.63) is 27.8 Å². The summed E-state index contributed by atoms with van der Waals surface area (Å²) in [5.74, 6) is -0.731. The maximum atomic E-state index is 11.4. The van der Waals surface area contributed by atoms with Gasteiger partial charge in [0.25, 0.3) is 5.69 Å². The van der Waals surface area contributed by atoms with Gasteiger partial charge in [0.15, 0.2) is 17.6 Å². The Bertz CT molecular complexity index is 573. The van der Waals surface area contributed by atoms with Gasteiger partial charge in [-0.25, -0.2) is 4.79 Å². The SMILES string of the molecule is CCOC(=O)[C@@H](O)[C@H](O)c1cc2c(cc1[N+](=O)[O-])OCO2. The van der Waals surface area contributed by atoms with Crippen molar-refractivity contribution in [2.75, 3.05) is 13.4 Å². The Labute approximate surface area is 118 Å². The number of carbonyl (C=O) groups is 1. The lowest BCUT2D eigenvalue weighted by Crippen LogP contribution is -2.30. The molecule has 0 unspecified atom stereocenters. The van der Waals surface area contributed by atoms with Gasteiger partial charge in [-0.3, -0.25) is 10.1 Å². The molecule has 0 aliphatic carbocycles. The zero-order chi connectivity index (χ0) is 15.6. The number of hydrogen-bond acceptors (Lipinski definition) is 8. The molecule has 0 aromatic heterocycles. The number of nitro groups is 1. The van der Waals surface area contributed by atoms with Crippen LogP contribution in [0.1, 0.15) is 18.6 Å². The second kappa shape index (κ2) is 5.94. The maximum Gasteiger partial charge on any atom is 0.338 e.